The number of likely N-dealkylation sites (N-methyl/N-ethyl adjacent to an activating group) is 1. The van der Waals surface area contributed by atoms with Crippen molar-refractivity contribution >= 4 is 11.9 Å². The Bertz CT molecular complexity index is 625. The third kappa shape index (κ3) is 5.70. The number of hydrogen-bond donors (Lipinski definition) is 0. The molecule has 0 heterocycles. The maximum absolute atomic E-state index is 13.6. The number of rotatable bonds is 3. The van der Waals surface area contributed by atoms with Gasteiger partial charge in [0.1, 0.15) is 5.82 Å². The van der Waals surface area contributed by atoms with Crippen LogP contribution < -0.4 is 0 Å². The van der Waals surface area contributed by atoms with E-state index in [1.807, 2.05) is 0 Å². The summed E-state index contributed by atoms with van der Waals surface area (Å²) in [6.45, 7) is -2.61. The molecule has 1 amide bonds. The smallest absolute Gasteiger partial charge is 0.422 e. The number of esters is 1. The normalized spacial score (nSPS) is 12.0. The molecule has 4 nitrogen and oxygen atoms in total. The third-order valence-electron chi connectivity index (χ3n) is 2.68. The molecule has 1 aromatic carbocycles. The minimum absolute atomic E-state index is 0.204. The fourth-order valence-corrected chi connectivity index (χ4v) is 1.54. The van der Waals surface area contributed by atoms with Crippen LogP contribution in [-0.2, 0) is 27.0 Å². The Morgan fingerprint density at radius 2 is 1.71 bits per heavy atom. The predicted octanol–water partition coefficient (Wildman–Crippen LogP) is 2.91. The average Bonchev–Trinajstić information content (AvgIpc) is 2.44. The van der Waals surface area contributed by atoms with Crippen molar-refractivity contribution in [1.29, 1.82) is 0 Å². The van der Waals surface area contributed by atoms with Crippen molar-refractivity contribution in [2.75, 3.05) is 13.7 Å². The molecule has 0 fully saturated rings. The van der Waals surface area contributed by atoms with Gasteiger partial charge in [0.2, 0.25) is 0 Å². The number of benzene rings is 1. The largest absolute Gasteiger partial charge is 0.449 e. The first-order valence-corrected chi connectivity index (χ1v) is 6.16. The Morgan fingerprint density at radius 1 is 1.12 bits per heavy atom. The Labute approximate surface area is 130 Å². The molecule has 0 atom stereocenters. The van der Waals surface area contributed by atoms with E-state index in [9.17, 15) is 40.3 Å². The molecule has 0 unspecified atom stereocenters. The Hall–Kier alpha value is -2.33. The maximum atomic E-state index is 13.6. The van der Waals surface area contributed by atoms with E-state index in [4.69, 9.17) is 0 Å². The number of nitrogens with zero attached hydrogens (tertiary/aromatic N) is 1. The summed E-state index contributed by atoms with van der Waals surface area (Å²) < 4.78 is 90.1. The highest BCUT2D eigenvalue weighted by molar-refractivity contribution is 6.32. The van der Waals surface area contributed by atoms with E-state index in [0.717, 1.165) is 13.1 Å². The van der Waals surface area contributed by atoms with Crippen LogP contribution in [0.3, 0.4) is 0 Å². The molecule has 0 radical (unpaired) electrons. The summed E-state index contributed by atoms with van der Waals surface area (Å²) in [4.78, 5) is 23.1. The van der Waals surface area contributed by atoms with Gasteiger partial charge in [-0.05, 0) is 12.1 Å². The monoisotopic (exact) mass is 361 g/mol. The fourth-order valence-electron chi connectivity index (χ4n) is 1.54. The van der Waals surface area contributed by atoms with Gasteiger partial charge in [-0.1, -0.05) is 6.07 Å². The molecule has 0 saturated carbocycles. The number of ether oxygens (including phenoxy) is 1. The van der Waals surface area contributed by atoms with Crippen LogP contribution >= 0.6 is 0 Å². The molecule has 11 heteroatoms. The zero-order valence-electron chi connectivity index (χ0n) is 12.0. The molecule has 0 aliphatic carbocycles. The van der Waals surface area contributed by atoms with Crippen LogP contribution in [0.15, 0.2) is 18.2 Å². The van der Waals surface area contributed by atoms with Crippen molar-refractivity contribution in [2.45, 2.75) is 18.9 Å². The Morgan fingerprint density at radius 3 is 2.17 bits per heavy atom. The predicted molar refractivity (Wildman–Crippen MR) is 64.9 cm³/mol. The summed E-state index contributed by atoms with van der Waals surface area (Å²) in [5, 5.41) is 0. The first-order chi connectivity index (χ1) is 10.8. The maximum Gasteiger partial charge on any atom is 0.422 e. The van der Waals surface area contributed by atoms with E-state index in [-0.39, 0.29) is 11.6 Å². The highest BCUT2D eigenvalue weighted by atomic mass is 19.4. The van der Waals surface area contributed by atoms with E-state index in [1.54, 1.807) is 0 Å². The lowest BCUT2D eigenvalue weighted by molar-refractivity contribution is -0.189. The summed E-state index contributed by atoms with van der Waals surface area (Å²) >= 11 is 0. The van der Waals surface area contributed by atoms with Gasteiger partial charge in [-0.25, -0.2) is 9.18 Å². The second kappa shape index (κ2) is 7.05. The van der Waals surface area contributed by atoms with Crippen LogP contribution in [0, 0.1) is 5.82 Å². The minimum Gasteiger partial charge on any atom is -0.449 e. The lowest BCUT2D eigenvalue weighted by Gasteiger charge is -2.17. The number of carbonyl (C=O) groups is 2. The van der Waals surface area contributed by atoms with Gasteiger partial charge >= 0.3 is 24.2 Å². The van der Waals surface area contributed by atoms with Crippen LogP contribution in [0.4, 0.5) is 30.7 Å². The standard InChI is InChI=1S/C13H10F7NO3/c1-21(10(22)11(23)24-6-12(15,16)17)5-7-2-3-8(4-9(7)14)13(18,19)20/h2-4H,5-6H2,1H3. The summed E-state index contributed by atoms with van der Waals surface area (Å²) in [5.41, 5.74) is -1.61. The zero-order chi connectivity index (χ0) is 18.7. The fraction of sp³-hybridized carbons (Fsp3) is 0.385. The van der Waals surface area contributed by atoms with E-state index in [2.05, 4.69) is 4.74 Å². The van der Waals surface area contributed by atoms with Crippen molar-refractivity contribution in [3.8, 4) is 0 Å². The molecule has 0 saturated heterocycles. The Balaban J connectivity index is 2.75. The van der Waals surface area contributed by atoms with Gasteiger partial charge < -0.3 is 9.64 Å². The molecule has 0 aliphatic rings. The molecule has 24 heavy (non-hydrogen) atoms. The molecule has 0 bridgehead atoms. The lowest BCUT2D eigenvalue weighted by Crippen LogP contribution is -2.36. The Kier molecular flexibility index (Phi) is 5.80. The molecular formula is C13H10F7NO3. The molecule has 0 N–H and O–H groups in total. The van der Waals surface area contributed by atoms with Crippen LogP contribution in [-0.4, -0.2) is 36.6 Å². The van der Waals surface area contributed by atoms with E-state index in [0.29, 0.717) is 11.0 Å². The van der Waals surface area contributed by atoms with Crippen molar-refractivity contribution in [1.82, 2.24) is 4.90 Å². The van der Waals surface area contributed by atoms with Gasteiger partial charge in [-0.3, -0.25) is 4.79 Å². The molecule has 1 aromatic rings. The summed E-state index contributed by atoms with van der Waals surface area (Å²) in [5.74, 6) is -4.60. The van der Waals surface area contributed by atoms with Crippen molar-refractivity contribution < 1.29 is 45.1 Å². The molecule has 134 valence electrons. The number of hydrogen-bond acceptors (Lipinski definition) is 3. The van der Waals surface area contributed by atoms with Gasteiger partial charge in [0.05, 0.1) is 5.56 Å². The molecule has 0 spiro atoms. The summed E-state index contributed by atoms with van der Waals surface area (Å²) in [6, 6.07) is 1.53. The van der Waals surface area contributed by atoms with Crippen LogP contribution in [0.5, 0.6) is 0 Å². The number of halogens is 7. The number of amides is 1. The van der Waals surface area contributed by atoms with Gasteiger partial charge in [0, 0.05) is 19.2 Å². The van der Waals surface area contributed by atoms with E-state index < -0.39 is 48.8 Å². The first kappa shape index (κ1) is 19.7. The minimum atomic E-state index is -4.83. The summed E-state index contributed by atoms with van der Waals surface area (Å²) in [6.07, 6.45) is -9.59. The second-order valence-corrected chi connectivity index (χ2v) is 4.66. The van der Waals surface area contributed by atoms with Crippen LogP contribution in [0.2, 0.25) is 0 Å². The van der Waals surface area contributed by atoms with Crippen LogP contribution in [0.25, 0.3) is 0 Å². The molecular weight excluding hydrogens is 351 g/mol. The summed E-state index contributed by atoms with van der Waals surface area (Å²) in [7, 11) is 0.953. The van der Waals surface area contributed by atoms with Crippen LogP contribution in [0.1, 0.15) is 11.1 Å². The SMILES string of the molecule is CN(Cc1ccc(C(F)(F)F)cc1F)C(=O)C(=O)OCC(F)(F)F. The van der Waals surface area contributed by atoms with Gasteiger partial charge in [-0.2, -0.15) is 26.3 Å². The first-order valence-electron chi connectivity index (χ1n) is 6.16. The second-order valence-electron chi connectivity index (χ2n) is 4.66. The zero-order valence-corrected chi connectivity index (χ0v) is 12.0. The highest BCUT2D eigenvalue weighted by Gasteiger charge is 2.33. The average molecular weight is 361 g/mol. The van der Waals surface area contributed by atoms with Crippen molar-refractivity contribution in [3.63, 3.8) is 0 Å². The van der Waals surface area contributed by atoms with Gasteiger partial charge in [-0.15, -0.1) is 0 Å². The van der Waals surface area contributed by atoms with Gasteiger partial charge in [0.15, 0.2) is 6.61 Å². The van der Waals surface area contributed by atoms with Crippen molar-refractivity contribution in [3.05, 3.63) is 35.1 Å². The molecule has 0 aromatic heterocycles. The number of alkyl halides is 6. The molecule has 0 aliphatic heterocycles. The van der Waals surface area contributed by atoms with Gasteiger partial charge in [0.25, 0.3) is 0 Å². The molecule has 1 rings (SSSR count). The lowest BCUT2D eigenvalue weighted by atomic mass is 10.1. The third-order valence-corrected chi connectivity index (χ3v) is 2.68. The topological polar surface area (TPSA) is 46.6 Å². The van der Waals surface area contributed by atoms with E-state index in [1.165, 1.54) is 0 Å². The quantitative estimate of drug-likeness (QED) is 0.473. The number of carbonyl (C=O) groups excluding carboxylic acids is 2. The van der Waals surface area contributed by atoms with Crippen molar-refractivity contribution in [2.24, 2.45) is 0 Å². The van der Waals surface area contributed by atoms with E-state index >= 15 is 0 Å². The highest BCUT2D eigenvalue weighted by Crippen LogP contribution is 2.30.